The Morgan fingerprint density at radius 1 is 1.55 bits per heavy atom. The third kappa shape index (κ3) is 2.49. The van der Waals surface area contributed by atoms with E-state index in [9.17, 15) is 14.4 Å². The minimum atomic E-state index is -0.721. The Morgan fingerprint density at radius 3 is 2.70 bits per heavy atom. The summed E-state index contributed by atoms with van der Waals surface area (Å²) in [5.41, 5.74) is 0.355. The van der Waals surface area contributed by atoms with Crippen LogP contribution in [-0.4, -0.2) is 47.2 Å². The van der Waals surface area contributed by atoms with E-state index in [2.05, 4.69) is 15.9 Å². The highest BCUT2D eigenvalue weighted by atomic mass is 79.9. The van der Waals surface area contributed by atoms with Crippen molar-refractivity contribution in [2.24, 2.45) is 0 Å². The molecule has 0 spiro atoms. The number of nitrogens with zero attached hydrogens (tertiary/aromatic N) is 2. The summed E-state index contributed by atoms with van der Waals surface area (Å²) in [5, 5.41) is 0. The maximum Gasteiger partial charge on any atom is 0.259 e. The average Bonchev–Trinajstić information content (AvgIpc) is 2.95. The molecule has 1 aliphatic rings. The molecule has 0 N–H and O–H groups in total. The number of likely N-dealkylation sites (tertiary alicyclic amines) is 1. The van der Waals surface area contributed by atoms with Crippen LogP contribution in [0, 0.1) is 0 Å². The first-order valence-electron chi connectivity index (χ1n) is 6.31. The van der Waals surface area contributed by atoms with E-state index in [1.807, 2.05) is 6.92 Å². The number of carbonyl (C=O) groups is 3. The molecule has 2 rings (SSSR count). The van der Waals surface area contributed by atoms with Gasteiger partial charge in [-0.1, -0.05) is 6.92 Å². The summed E-state index contributed by atoms with van der Waals surface area (Å²) >= 11 is 3.16. The highest BCUT2D eigenvalue weighted by Gasteiger charge is 2.42. The molecular weight excluding hydrogens is 328 g/mol. The van der Waals surface area contributed by atoms with Gasteiger partial charge in [-0.15, -0.1) is 0 Å². The van der Waals surface area contributed by atoms with Gasteiger partial charge in [0, 0.05) is 13.6 Å². The fourth-order valence-corrected chi connectivity index (χ4v) is 2.63. The molecule has 0 aromatic carbocycles. The van der Waals surface area contributed by atoms with Crippen LogP contribution in [0.4, 0.5) is 0 Å². The fourth-order valence-electron chi connectivity index (χ4n) is 2.22. The van der Waals surface area contributed by atoms with Crippen LogP contribution in [0.3, 0.4) is 0 Å². The first kappa shape index (κ1) is 14.8. The van der Waals surface area contributed by atoms with Crippen LogP contribution in [0.15, 0.2) is 21.4 Å². The smallest absolute Gasteiger partial charge is 0.259 e. The third-order valence-electron chi connectivity index (χ3n) is 3.31. The Kier molecular flexibility index (Phi) is 4.27. The molecule has 1 saturated heterocycles. The van der Waals surface area contributed by atoms with E-state index in [1.165, 1.54) is 18.2 Å². The van der Waals surface area contributed by atoms with E-state index >= 15 is 0 Å². The second-order valence-corrected chi connectivity index (χ2v) is 5.34. The monoisotopic (exact) mass is 342 g/mol. The number of hydrogen-bond donors (Lipinski definition) is 0. The van der Waals surface area contributed by atoms with Crippen molar-refractivity contribution in [2.45, 2.75) is 25.8 Å². The number of amides is 3. The Hall–Kier alpha value is -1.63. The minimum absolute atomic E-state index is 0.0382. The molecule has 0 unspecified atom stereocenters. The zero-order valence-corrected chi connectivity index (χ0v) is 12.8. The number of likely N-dealkylation sites (N-methyl/N-ethyl adjacent to an activating group) is 1. The Labute approximate surface area is 124 Å². The average molecular weight is 343 g/mol. The SMILES string of the molecule is CCCN(C(=O)c1ccoc1Br)[C@@H]1CC(=O)N(C)C1=O. The maximum absolute atomic E-state index is 12.5. The summed E-state index contributed by atoms with van der Waals surface area (Å²) in [6.45, 7) is 2.32. The molecule has 1 aromatic heterocycles. The van der Waals surface area contributed by atoms with Gasteiger partial charge in [0.15, 0.2) is 4.67 Å². The van der Waals surface area contributed by atoms with Gasteiger partial charge in [-0.3, -0.25) is 19.3 Å². The third-order valence-corrected chi connectivity index (χ3v) is 3.92. The fraction of sp³-hybridized carbons (Fsp3) is 0.462. The highest BCUT2D eigenvalue weighted by molar-refractivity contribution is 9.10. The number of rotatable bonds is 4. The molecule has 2 heterocycles. The predicted molar refractivity (Wildman–Crippen MR) is 73.9 cm³/mol. The van der Waals surface area contributed by atoms with Gasteiger partial charge in [-0.25, -0.2) is 0 Å². The molecule has 108 valence electrons. The molecule has 0 saturated carbocycles. The highest BCUT2D eigenvalue weighted by Crippen LogP contribution is 2.24. The van der Waals surface area contributed by atoms with Crippen molar-refractivity contribution >= 4 is 33.7 Å². The van der Waals surface area contributed by atoms with E-state index in [0.717, 1.165) is 4.90 Å². The molecule has 0 bridgehead atoms. The number of imide groups is 1. The number of hydrogen-bond acceptors (Lipinski definition) is 4. The first-order valence-corrected chi connectivity index (χ1v) is 7.11. The quantitative estimate of drug-likeness (QED) is 0.780. The summed E-state index contributed by atoms with van der Waals surface area (Å²) in [4.78, 5) is 38.7. The van der Waals surface area contributed by atoms with Gasteiger partial charge >= 0.3 is 0 Å². The van der Waals surface area contributed by atoms with Crippen molar-refractivity contribution < 1.29 is 18.8 Å². The first-order chi connectivity index (χ1) is 9.47. The summed E-state index contributed by atoms with van der Waals surface area (Å²) in [5.74, 6) is -0.912. The molecule has 0 radical (unpaired) electrons. The van der Waals surface area contributed by atoms with Crippen LogP contribution in [0.1, 0.15) is 30.1 Å². The van der Waals surface area contributed by atoms with Gasteiger partial charge in [-0.05, 0) is 28.4 Å². The molecule has 1 aromatic rings. The lowest BCUT2D eigenvalue weighted by molar-refractivity contribution is -0.137. The van der Waals surface area contributed by atoms with Gasteiger partial charge in [0.2, 0.25) is 5.91 Å². The van der Waals surface area contributed by atoms with Gasteiger partial charge < -0.3 is 9.32 Å². The molecule has 7 heteroatoms. The lowest BCUT2D eigenvalue weighted by Gasteiger charge is -2.26. The standard InChI is InChI=1S/C13H15BrN2O4/c1-3-5-16(9-7-10(17)15(2)13(9)19)12(18)8-4-6-20-11(8)14/h4,6,9H,3,5,7H2,1-2H3/t9-/m1/s1. The number of carbonyl (C=O) groups excluding carboxylic acids is 3. The molecule has 1 atom stereocenters. The molecular formula is C13H15BrN2O4. The molecule has 3 amide bonds. The second kappa shape index (κ2) is 5.78. The van der Waals surface area contributed by atoms with Gasteiger partial charge in [0.1, 0.15) is 6.04 Å². The van der Waals surface area contributed by atoms with Crippen LogP contribution >= 0.6 is 15.9 Å². The molecule has 1 fully saturated rings. The van der Waals surface area contributed by atoms with E-state index in [-0.39, 0.29) is 24.1 Å². The molecule has 1 aliphatic heterocycles. The zero-order chi connectivity index (χ0) is 14.9. The molecule has 20 heavy (non-hydrogen) atoms. The van der Waals surface area contributed by atoms with Crippen LogP contribution in [0.5, 0.6) is 0 Å². The van der Waals surface area contributed by atoms with Gasteiger partial charge in [0.25, 0.3) is 11.8 Å². The largest absolute Gasteiger partial charge is 0.457 e. The van der Waals surface area contributed by atoms with E-state index < -0.39 is 6.04 Å². The van der Waals surface area contributed by atoms with Crippen LogP contribution in [0.25, 0.3) is 0 Å². The Bertz CT molecular complexity index is 554. The van der Waals surface area contributed by atoms with Crippen LogP contribution in [-0.2, 0) is 9.59 Å². The van der Waals surface area contributed by atoms with Crippen LogP contribution in [0.2, 0.25) is 0 Å². The zero-order valence-electron chi connectivity index (χ0n) is 11.3. The molecule has 0 aliphatic carbocycles. The van der Waals surface area contributed by atoms with Crippen molar-refractivity contribution in [2.75, 3.05) is 13.6 Å². The van der Waals surface area contributed by atoms with Crippen LogP contribution < -0.4 is 0 Å². The van der Waals surface area contributed by atoms with Gasteiger partial charge in [0.05, 0.1) is 18.2 Å². The topological polar surface area (TPSA) is 70.8 Å². The predicted octanol–water partition coefficient (Wildman–Crippen LogP) is 1.65. The molecule has 6 nitrogen and oxygen atoms in total. The van der Waals surface area contributed by atoms with E-state index in [0.29, 0.717) is 23.2 Å². The Morgan fingerprint density at radius 2 is 2.25 bits per heavy atom. The number of furan rings is 1. The number of halogens is 1. The van der Waals surface area contributed by atoms with Gasteiger partial charge in [-0.2, -0.15) is 0 Å². The van der Waals surface area contributed by atoms with Crippen molar-refractivity contribution in [3.63, 3.8) is 0 Å². The normalized spacial score (nSPS) is 18.8. The minimum Gasteiger partial charge on any atom is -0.457 e. The summed E-state index contributed by atoms with van der Waals surface area (Å²) < 4.78 is 5.38. The lowest BCUT2D eigenvalue weighted by Crippen LogP contribution is -2.45. The van der Waals surface area contributed by atoms with E-state index in [1.54, 1.807) is 6.07 Å². The summed E-state index contributed by atoms with van der Waals surface area (Å²) in [6.07, 6.45) is 2.13. The van der Waals surface area contributed by atoms with Crippen molar-refractivity contribution in [3.05, 3.63) is 22.6 Å². The van der Waals surface area contributed by atoms with Crippen molar-refractivity contribution in [1.29, 1.82) is 0 Å². The summed E-state index contributed by atoms with van der Waals surface area (Å²) in [6, 6.07) is 0.821. The lowest BCUT2D eigenvalue weighted by atomic mass is 10.1. The Balaban J connectivity index is 2.28. The maximum atomic E-state index is 12.5. The van der Waals surface area contributed by atoms with Crippen molar-refractivity contribution in [3.8, 4) is 0 Å². The van der Waals surface area contributed by atoms with Crippen molar-refractivity contribution in [1.82, 2.24) is 9.80 Å². The summed E-state index contributed by atoms with van der Waals surface area (Å²) in [7, 11) is 1.44. The van der Waals surface area contributed by atoms with E-state index in [4.69, 9.17) is 4.42 Å². The second-order valence-electron chi connectivity index (χ2n) is 4.62.